The highest BCUT2D eigenvalue weighted by Crippen LogP contribution is 2.20. The van der Waals surface area contributed by atoms with E-state index in [4.69, 9.17) is 14.8 Å². The summed E-state index contributed by atoms with van der Waals surface area (Å²) in [5.74, 6) is 0.671. The summed E-state index contributed by atoms with van der Waals surface area (Å²) in [6, 6.07) is 4.62. The lowest BCUT2D eigenvalue weighted by Gasteiger charge is -2.03. The third-order valence-corrected chi connectivity index (χ3v) is 1.66. The van der Waals surface area contributed by atoms with Crippen LogP contribution in [0.25, 0.3) is 6.08 Å². The van der Waals surface area contributed by atoms with Crippen LogP contribution in [0.4, 0.5) is 4.39 Å². The van der Waals surface area contributed by atoms with Crippen molar-refractivity contribution < 1.29 is 19.2 Å². The van der Waals surface area contributed by atoms with Gasteiger partial charge in [0.25, 0.3) is 0 Å². The summed E-state index contributed by atoms with van der Waals surface area (Å²) in [6.07, 6.45) is 1.28. The first-order chi connectivity index (χ1) is 6.65. The minimum atomic E-state index is -1.58. The summed E-state index contributed by atoms with van der Waals surface area (Å²) in [5.41, 5.74) is 0.248. The Bertz CT molecular complexity index is 339. The van der Waals surface area contributed by atoms with E-state index in [1.165, 1.54) is 25.3 Å². The first kappa shape index (κ1) is 10.8. The summed E-state index contributed by atoms with van der Waals surface area (Å²) >= 11 is 0. The molecule has 0 atom stereocenters. The molecule has 1 aromatic rings. The van der Waals surface area contributed by atoms with Crippen molar-refractivity contribution in [2.75, 3.05) is 7.11 Å². The lowest BCUT2D eigenvalue weighted by atomic mass is 9.90. The molecule has 74 valence electrons. The molecule has 0 heterocycles. The summed E-state index contributed by atoms with van der Waals surface area (Å²) in [4.78, 5) is 0. The van der Waals surface area contributed by atoms with E-state index in [0.717, 1.165) is 5.98 Å². The van der Waals surface area contributed by atoms with Gasteiger partial charge in [0, 0.05) is 5.56 Å². The van der Waals surface area contributed by atoms with Crippen molar-refractivity contribution >= 4 is 13.2 Å². The molecular weight excluding hydrogens is 186 g/mol. The smallest absolute Gasteiger partial charge is 0.480 e. The lowest BCUT2D eigenvalue weighted by molar-refractivity contribution is 0.386. The van der Waals surface area contributed by atoms with Gasteiger partial charge in [0.05, 0.1) is 7.11 Å². The van der Waals surface area contributed by atoms with Crippen LogP contribution in [0.5, 0.6) is 5.75 Å². The van der Waals surface area contributed by atoms with Crippen molar-refractivity contribution in [2.45, 2.75) is 0 Å². The van der Waals surface area contributed by atoms with Gasteiger partial charge in [0.2, 0.25) is 0 Å². The third kappa shape index (κ3) is 2.58. The second-order valence-electron chi connectivity index (χ2n) is 2.64. The SMILES string of the molecule is COc1cccc(/C=C/B(O)O)c1F. The number of hydrogen-bond donors (Lipinski definition) is 2. The zero-order chi connectivity index (χ0) is 10.6. The van der Waals surface area contributed by atoms with Gasteiger partial charge in [-0.1, -0.05) is 24.2 Å². The zero-order valence-corrected chi connectivity index (χ0v) is 7.64. The van der Waals surface area contributed by atoms with E-state index in [1.54, 1.807) is 6.07 Å². The molecule has 0 saturated carbocycles. The number of benzene rings is 1. The van der Waals surface area contributed by atoms with E-state index in [0.29, 0.717) is 0 Å². The lowest BCUT2D eigenvalue weighted by Crippen LogP contribution is -2.05. The normalized spacial score (nSPS) is 10.6. The molecule has 14 heavy (non-hydrogen) atoms. The Hall–Kier alpha value is -1.33. The maximum absolute atomic E-state index is 13.4. The van der Waals surface area contributed by atoms with Crippen LogP contribution in [0.3, 0.4) is 0 Å². The van der Waals surface area contributed by atoms with Crippen LogP contribution in [0.2, 0.25) is 0 Å². The van der Waals surface area contributed by atoms with Crippen LogP contribution >= 0.6 is 0 Å². The van der Waals surface area contributed by atoms with Crippen LogP contribution < -0.4 is 4.74 Å². The predicted molar refractivity (Wildman–Crippen MR) is 52.2 cm³/mol. The molecule has 0 aliphatic heterocycles. The van der Waals surface area contributed by atoms with Crippen molar-refractivity contribution in [2.24, 2.45) is 0 Å². The second-order valence-corrected chi connectivity index (χ2v) is 2.64. The molecule has 0 unspecified atom stereocenters. The molecule has 3 nitrogen and oxygen atoms in total. The van der Waals surface area contributed by atoms with Crippen LogP contribution in [-0.2, 0) is 0 Å². The van der Waals surface area contributed by atoms with Crippen LogP contribution in [0.15, 0.2) is 24.2 Å². The van der Waals surface area contributed by atoms with Gasteiger partial charge in [-0.3, -0.25) is 0 Å². The van der Waals surface area contributed by atoms with Crippen molar-refractivity contribution in [3.05, 3.63) is 35.6 Å². The van der Waals surface area contributed by atoms with Gasteiger partial charge in [-0.15, -0.1) is 0 Å². The van der Waals surface area contributed by atoms with Gasteiger partial charge in [-0.25, -0.2) is 4.39 Å². The average molecular weight is 196 g/mol. The van der Waals surface area contributed by atoms with Crippen molar-refractivity contribution in [3.8, 4) is 5.75 Å². The monoisotopic (exact) mass is 196 g/mol. The van der Waals surface area contributed by atoms with Gasteiger partial charge in [-0.05, 0) is 6.07 Å². The summed E-state index contributed by atoms with van der Waals surface area (Å²) in [6.45, 7) is 0. The molecule has 0 spiro atoms. The van der Waals surface area contributed by atoms with Gasteiger partial charge < -0.3 is 14.8 Å². The van der Waals surface area contributed by atoms with Gasteiger partial charge in [0.1, 0.15) is 0 Å². The molecule has 0 fully saturated rings. The largest absolute Gasteiger partial charge is 0.494 e. The fraction of sp³-hybridized carbons (Fsp3) is 0.111. The molecule has 5 heteroatoms. The van der Waals surface area contributed by atoms with E-state index in [9.17, 15) is 4.39 Å². The van der Waals surface area contributed by atoms with E-state index < -0.39 is 12.9 Å². The molecule has 0 saturated heterocycles. The Morgan fingerprint density at radius 1 is 1.43 bits per heavy atom. The fourth-order valence-corrected chi connectivity index (χ4v) is 1.00. The second kappa shape index (κ2) is 4.78. The van der Waals surface area contributed by atoms with Gasteiger partial charge in [0.15, 0.2) is 11.6 Å². The highest BCUT2D eigenvalue weighted by molar-refractivity contribution is 6.48. The molecule has 0 aliphatic carbocycles. The molecular formula is C9H10BFO3. The van der Waals surface area contributed by atoms with Crippen molar-refractivity contribution in [1.29, 1.82) is 0 Å². The van der Waals surface area contributed by atoms with E-state index in [-0.39, 0.29) is 11.3 Å². The van der Waals surface area contributed by atoms with Gasteiger partial charge in [-0.2, -0.15) is 0 Å². The zero-order valence-electron chi connectivity index (χ0n) is 7.64. The maximum atomic E-state index is 13.4. The van der Waals surface area contributed by atoms with Crippen molar-refractivity contribution in [3.63, 3.8) is 0 Å². The minimum Gasteiger partial charge on any atom is -0.494 e. The van der Waals surface area contributed by atoms with E-state index in [1.807, 2.05) is 0 Å². The highest BCUT2D eigenvalue weighted by Gasteiger charge is 2.06. The first-order valence-corrected chi connectivity index (χ1v) is 4.02. The van der Waals surface area contributed by atoms with Crippen LogP contribution in [0.1, 0.15) is 5.56 Å². The Kier molecular flexibility index (Phi) is 3.68. The van der Waals surface area contributed by atoms with Crippen LogP contribution in [0, 0.1) is 5.82 Å². The predicted octanol–water partition coefficient (Wildman–Crippen LogP) is 0.859. The topological polar surface area (TPSA) is 49.7 Å². The molecule has 2 N–H and O–H groups in total. The Morgan fingerprint density at radius 3 is 2.71 bits per heavy atom. The minimum absolute atomic E-state index is 0.125. The molecule has 0 aliphatic rings. The molecule has 0 bridgehead atoms. The number of rotatable bonds is 3. The number of methoxy groups -OCH3 is 1. The summed E-state index contributed by atoms with van der Waals surface area (Å²) < 4.78 is 18.1. The number of halogens is 1. The van der Waals surface area contributed by atoms with E-state index >= 15 is 0 Å². The average Bonchev–Trinajstić information content (AvgIpc) is 2.16. The summed E-state index contributed by atoms with van der Waals surface area (Å²) in [7, 11) is -0.215. The maximum Gasteiger partial charge on any atom is 0.480 e. The first-order valence-electron chi connectivity index (χ1n) is 4.02. The van der Waals surface area contributed by atoms with Crippen molar-refractivity contribution in [1.82, 2.24) is 0 Å². The molecule has 1 rings (SSSR count). The third-order valence-electron chi connectivity index (χ3n) is 1.66. The Balaban J connectivity index is 2.98. The molecule has 1 aromatic carbocycles. The standard InChI is InChI=1S/C9H10BFO3/c1-14-8-4-2-3-7(9(8)11)5-6-10(12)13/h2-6,12-13H,1H3/b6-5+. The Labute approximate surface area is 81.6 Å². The van der Waals surface area contributed by atoms with Gasteiger partial charge >= 0.3 is 7.12 Å². The number of ether oxygens (including phenoxy) is 1. The van der Waals surface area contributed by atoms with E-state index in [2.05, 4.69) is 0 Å². The quantitative estimate of drug-likeness (QED) is 0.704. The molecule has 0 amide bonds. The molecule has 0 aromatic heterocycles. The number of hydrogen-bond acceptors (Lipinski definition) is 3. The highest BCUT2D eigenvalue weighted by atomic mass is 19.1. The Morgan fingerprint density at radius 2 is 2.14 bits per heavy atom. The van der Waals surface area contributed by atoms with Crippen LogP contribution in [-0.4, -0.2) is 24.3 Å². The summed E-state index contributed by atoms with van der Waals surface area (Å²) in [5, 5.41) is 17.1. The molecule has 0 radical (unpaired) electrons. The fourth-order valence-electron chi connectivity index (χ4n) is 1.00.